The predicted octanol–water partition coefficient (Wildman–Crippen LogP) is 4.89. The molecule has 1 saturated heterocycles. The summed E-state index contributed by atoms with van der Waals surface area (Å²) in [4.78, 5) is 31.9. The molecule has 0 spiro atoms. The highest BCUT2D eigenvalue weighted by atomic mass is 16.5. The summed E-state index contributed by atoms with van der Waals surface area (Å²) in [6.07, 6.45) is 1.56. The summed E-state index contributed by atoms with van der Waals surface area (Å²) in [6, 6.07) is 18.2. The maximum atomic E-state index is 13.2. The smallest absolute Gasteiger partial charge is 0.301 e. The fourth-order valence-corrected chi connectivity index (χ4v) is 3.91. The molecule has 174 valence electrons. The number of hydrogen-bond acceptors (Lipinski definition) is 6. The van der Waals surface area contributed by atoms with Crippen molar-refractivity contribution in [1.82, 2.24) is 4.98 Å². The number of carbonyl (C=O) groups is 2. The van der Waals surface area contributed by atoms with Gasteiger partial charge in [0, 0.05) is 11.8 Å². The molecule has 1 aliphatic rings. The lowest BCUT2D eigenvalue weighted by molar-refractivity contribution is -0.132. The van der Waals surface area contributed by atoms with Gasteiger partial charge in [-0.15, -0.1) is 0 Å². The molecule has 34 heavy (non-hydrogen) atoms. The Bertz CT molecular complexity index is 1200. The largest absolute Gasteiger partial charge is 0.507 e. The van der Waals surface area contributed by atoms with Gasteiger partial charge in [0.05, 0.1) is 24.3 Å². The van der Waals surface area contributed by atoms with Crippen molar-refractivity contribution < 1.29 is 24.2 Å². The first kappa shape index (κ1) is 23.0. The second-order valence-corrected chi connectivity index (χ2v) is 8.05. The molecule has 1 aliphatic heterocycles. The molecule has 3 aromatic rings. The van der Waals surface area contributed by atoms with Crippen LogP contribution in [0.4, 0.5) is 5.82 Å². The van der Waals surface area contributed by atoms with Gasteiger partial charge < -0.3 is 14.6 Å². The van der Waals surface area contributed by atoms with E-state index in [0.717, 1.165) is 0 Å². The molecule has 2 heterocycles. The lowest BCUT2D eigenvalue weighted by Gasteiger charge is -2.24. The number of pyridine rings is 1. The molecule has 1 fully saturated rings. The summed E-state index contributed by atoms with van der Waals surface area (Å²) in [5, 5.41) is 11.2. The summed E-state index contributed by atoms with van der Waals surface area (Å²) in [5.74, 6) is -0.149. The van der Waals surface area contributed by atoms with E-state index in [-0.39, 0.29) is 17.4 Å². The van der Waals surface area contributed by atoms with Crippen molar-refractivity contribution in [2.45, 2.75) is 32.9 Å². The average molecular weight is 459 g/mol. The molecule has 7 nitrogen and oxygen atoms in total. The van der Waals surface area contributed by atoms with E-state index in [1.807, 2.05) is 20.8 Å². The van der Waals surface area contributed by atoms with Crippen molar-refractivity contribution in [1.29, 1.82) is 0 Å². The zero-order valence-electron chi connectivity index (χ0n) is 19.3. The van der Waals surface area contributed by atoms with Crippen LogP contribution in [0.15, 0.2) is 78.5 Å². The van der Waals surface area contributed by atoms with Gasteiger partial charge in [0.15, 0.2) is 0 Å². The summed E-state index contributed by atoms with van der Waals surface area (Å²) in [6.45, 7) is 6.25. The van der Waals surface area contributed by atoms with Crippen LogP contribution < -0.4 is 14.4 Å². The molecule has 0 aliphatic carbocycles. The van der Waals surface area contributed by atoms with Crippen molar-refractivity contribution in [3.63, 3.8) is 0 Å². The Hall–Kier alpha value is -4.13. The predicted molar refractivity (Wildman–Crippen MR) is 129 cm³/mol. The molecular formula is C27H26N2O5. The third kappa shape index (κ3) is 4.50. The Labute approximate surface area is 198 Å². The van der Waals surface area contributed by atoms with E-state index in [1.54, 1.807) is 72.9 Å². The van der Waals surface area contributed by atoms with Crippen LogP contribution in [0.5, 0.6) is 11.5 Å². The first-order valence-electron chi connectivity index (χ1n) is 11.1. The Morgan fingerprint density at radius 3 is 2.26 bits per heavy atom. The summed E-state index contributed by atoms with van der Waals surface area (Å²) < 4.78 is 11.2. The highest BCUT2D eigenvalue weighted by molar-refractivity contribution is 6.51. The van der Waals surface area contributed by atoms with Gasteiger partial charge in [-0.25, -0.2) is 4.98 Å². The Balaban J connectivity index is 1.83. The Morgan fingerprint density at radius 2 is 1.68 bits per heavy atom. The van der Waals surface area contributed by atoms with Gasteiger partial charge in [-0.2, -0.15) is 0 Å². The molecular weight excluding hydrogens is 432 g/mol. The number of hydrogen-bond donors (Lipinski definition) is 1. The van der Waals surface area contributed by atoms with Crippen LogP contribution >= 0.6 is 0 Å². The zero-order valence-corrected chi connectivity index (χ0v) is 19.3. The fourth-order valence-electron chi connectivity index (χ4n) is 3.91. The number of aromatic nitrogens is 1. The van der Waals surface area contributed by atoms with E-state index in [2.05, 4.69) is 4.98 Å². The quantitative estimate of drug-likeness (QED) is 0.308. The number of amides is 1. The molecule has 0 saturated carbocycles. The van der Waals surface area contributed by atoms with Gasteiger partial charge in [0.1, 0.15) is 23.1 Å². The van der Waals surface area contributed by atoms with E-state index in [4.69, 9.17) is 9.47 Å². The second-order valence-electron chi connectivity index (χ2n) is 8.05. The number of aliphatic hydroxyl groups excluding tert-OH is 1. The highest BCUT2D eigenvalue weighted by Gasteiger charge is 2.47. The van der Waals surface area contributed by atoms with E-state index in [0.29, 0.717) is 35.1 Å². The number of nitrogens with zero attached hydrogens (tertiary/aromatic N) is 2. The molecule has 1 amide bonds. The number of carbonyl (C=O) groups excluding carboxylic acids is 2. The maximum absolute atomic E-state index is 13.2. The van der Waals surface area contributed by atoms with Crippen molar-refractivity contribution >= 4 is 23.3 Å². The van der Waals surface area contributed by atoms with E-state index in [1.165, 1.54) is 4.90 Å². The number of ketones is 1. The third-order valence-corrected chi connectivity index (χ3v) is 5.35. The van der Waals surface area contributed by atoms with Gasteiger partial charge in [-0.1, -0.05) is 18.2 Å². The lowest BCUT2D eigenvalue weighted by atomic mass is 9.95. The fraction of sp³-hybridized carbons (Fsp3) is 0.222. The van der Waals surface area contributed by atoms with Crippen LogP contribution in [-0.4, -0.2) is 34.5 Å². The van der Waals surface area contributed by atoms with Crippen molar-refractivity contribution in [3.8, 4) is 11.5 Å². The molecule has 1 N–H and O–H groups in total. The minimum atomic E-state index is -0.850. The van der Waals surface area contributed by atoms with Crippen molar-refractivity contribution in [3.05, 3.63) is 89.6 Å². The lowest BCUT2D eigenvalue weighted by Crippen LogP contribution is -2.30. The molecule has 7 heteroatoms. The van der Waals surface area contributed by atoms with Crippen LogP contribution in [0.2, 0.25) is 0 Å². The summed E-state index contributed by atoms with van der Waals surface area (Å²) in [5.41, 5.74) is 1.05. The van der Waals surface area contributed by atoms with E-state index < -0.39 is 17.7 Å². The van der Waals surface area contributed by atoms with Gasteiger partial charge >= 0.3 is 5.91 Å². The maximum Gasteiger partial charge on any atom is 0.301 e. The molecule has 1 aromatic heterocycles. The Kier molecular flexibility index (Phi) is 6.63. The van der Waals surface area contributed by atoms with Gasteiger partial charge in [0.2, 0.25) is 0 Å². The van der Waals surface area contributed by atoms with Crippen LogP contribution in [0, 0.1) is 0 Å². The first-order chi connectivity index (χ1) is 16.4. The van der Waals surface area contributed by atoms with Gasteiger partial charge in [-0.3, -0.25) is 14.5 Å². The molecule has 4 rings (SSSR count). The van der Waals surface area contributed by atoms with E-state index in [9.17, 15) is 14.7 Å². The zero-order chi connectivity index (χ0) is 24.2. The molecule has 1 atom stereocenters. The monoisotopic (exact) mass is 458 g/mol. The number of benzene rings is 2. The number of ether oxygens (including phenoxy) is 2. The number of aliphatic hydroxyl groups is 1. The van der Waals surface area contributed by atoms with Crippen LogP contribution in [0.25, 0.3) is 5.76 Å². The number of Topliss-reactive ketones (excluding diaryl/α,β-unsaturated/α-hetero) is 1. The highest BCUT2D eigenvalue weighted by Crippen LogP contribution is 2.42. The van der Waals surface area contributed by atoms with E-state index >= 15 is 0 Å². The standard InChI is InChI=1S/C27H26N2O5/c1-4-33-20-12-8-18(9-13-20)24-23(25(30)19-10-14-21(15-11-19)34-17(2)3)26(31)27(32)29(24)22-7-5-6-16-28-22/h5-17,24,30H,4H2,1-3H3/b25-23+. The summed E-state index contributed by atoms with van der Waals surface area (Å²) in [7, 11) is 0. The number of rotatable bonds is 7. The molecule has 0 radical (unpaired) electrons. The van der Waals surface area contributed by atoms with Crippen molar-refractivity contribution in [2.24, 2.45) is 0 Å². The third-order valence-electron chi connectivity index (χ3n) is 5.35. The normalized spacial score (nSPS) is 17.3. The van der Waals surface area contributed by atoms with Gasteiger partial charge in [0.25, 0.3) is 5.78 Å². The number of anilines is 1. The second kappa shape index (κ2) is 9.79. The molecule has 2 aromatic carbocycles. The average Bonchev–Trinajstić information content (AvgIpc) is 3.10. The van der Waals surface area contributed by atoms with Crippen molar-refractivity contribution in [2.75, 3.05) is 11.5 Å². The van der Waals surface area contributed by atoms with Crippen LogP contribution in [0.3, 0.4) is 0 Å². The molecule has 0 bridgehead atoms. The Morgan fingerprint density at radius 1 is 1.00 bits per heavy atom. The molecule has 1 unspecified atom stereocenters. The topological polar surface area (TPSA) is 89.0 Å². The van der Waals surface area contributed by atoms with Crippen LogP contribution in [-0.2, 0) is 9.59 Å². The summed E-state index contributed by atoms with van der Waals surface area (Å²) >= 11 is 0. The minimum absolute atomic E-state index is 0.00246. The SMILES string of the molecule is CCOc1ccc(C2/C(=C(\O)c3ccc(OC(C)C)cc3)C(=O)C(=O)N2c2ccccn2)cc1. The van der Waals surface area contributed by atoms with Crippen LogP contribution in [0.1, 0.15) is 37.9 Å². The van der Waals surface area contributed by atoms with Gasteiger partial charge in [-0.05, 0) is 74.9 Å². The minimum Gasteiger partial charge on any atom is -0.507 e. The first-order valence-corrected chi connectivity index (χ1v) is 11.1.